The van der Waals surface area contributed by atoms with Gasteiger partial charge in [0.15, 0.2) is 0 Å². The highest BCUT2D eigenvalue weighted by atomic mass is 127. The van der Waals surface area contributed by atoms with Gasteiger partial charge in [-0.3, -0.25) is 4.79 Å². The Balaban J connectivity index is 2.79. The number of halogens is 1. The molecule has 1 amide bonds. The SMILES string of the molecule is CC(C)(C)C(CCO)NC(=O)c1cccc(I)c1. The number of rotatable bonds is 4. The third-order valence-electron chi connectivity index (χ3n) is 2.86. The van der Waals surface area contributed by atoms with Crippen LogP contribution in [0.25, 0.3) is 0 Å². The maximum atomic E-state index is 12.1. The van der Waals surface area contributed by atoms with Crippen molar-refractivity contribution in [2.45, 2.75) is 33.2 Å². The minimum absolute atomic E-state index is 0.0344. The Kier molecular flexibility index (Phi) is 5.59. The maximum Gasteiger partial charge on any atom is 0.251 e. The third kappa shape index (κ3) is 4.57. The number of aliphatic hydroxyl groups is 1. The molecule has 0 saturated carbocycles. The zero-order valence-electron chi connectivity index (χ0n) is 11.0. The Labute approximate surface area is 122 Å². The lowest BCUT2D eigenvalue weighted by Gasteiger charge is -2.31. The zero-order chi connectivity index (χ0) is 13.8. The minimum atomic E-state index is -0.0816. The van der Waals surface area contributed by atoms with Gasteiger partial charge in [-0.25, -0.2) is 0 Å². The van der Waals surface area contributed by atoms with Crippen LogP contribution in [0.3, 0.4) is 0 Å². The molecule has 0 aliphatic heterocycles. The molecule has 3 nitrogen and oxygen atoms in total. The second-order valence-corrected chi connectivity index (χ2v) is 6.66. The smallest absolute Gasteiger partial charge is 0.251 e. The van der Waals surface area contributed by atoms with Gasteiger partial charge in [0.2, 0.25) is 0 Å². The number of carbonyl (C=O) groups excluding carboxylic acids is 1. The van der Waals surface area contributed by atoms with E-state index in [4.69, 9.17) is 5.11 Å². The normalized spacial score (nSPS) is 13.2. The molecule has 0 aromatic heterocycles. The standard InChI is InChI=1S/C14H20INO2/c1-14(2,3)12(7-8-17)16-13(18)10-5-4-6-11(15)9-10/h4-6,9,12,17H,7-8H2,1-3H3,(H,16,18). The number of amides is 1. The Morgan fingerprint density at radius 3 is 2.61 bits per heavy atom. The molecule has 0 spiro atoms. The first kappa shape index (κ1) is 15.4. The molecule has 0 heterocycles. The molecule has 18 heavy (non-hydrogen) atoms. The molecule has 0 radical (unpaired) electrons. The third-order valence-corrected chi connectivity index (χ3v) is 3.53. The van der Waals surface area contributed by atoms with Crippen LogP contribution in [0.2, 0.25) is 0 Å². The molecule has 0 saturated heterocycles. The highest BCUT2D eigenvalue weighted by Crippen LogP contribution is 2.22. The molecular weight excluding hydrogens is 341 g/mol. The van der Waals surface area contributed by atoms with E-state index in [0.717, 1.165) is 3.57 Å². The molecule has 100 valence electrons. The molecule has 0 bridgehead atoms. The van der Waals surface area contributed by atoms with E-state index in [9.17, 15) is 4.79 Å². The van der Waals surface area contributed by atoms with Crippen molar-refractivity contribution in [3.8, 4) is 0 Å². The fourth-order valence-corrected chi connectivity index (χ4v) is 2.27. The largest absolute Gasteiger partial charge is 0.396 e. The summed E-state index contributed by atoms with van der Waals surface area (Å²) in [6, 6.07) is 7.44. The van der Waals surface area contributed by atoms with E-state index in [0.29, 0.717) is 12.0 Å². The predicted molar refractivity (Wildman–Crippen MR) is 81.6 cm³/mol. The number of hydrogen-bond donors (Lipinski definition) is 2. The minimum Gasteiger partial charge on any atom is -0.396 e. The van der Waals surface area contributed by atoms with Crippen molar-refractivity contribution >= 4 is 28.5 Å². The molecule has 1 unspecified atom stereocenters. The van der Waals surface area contributed by atoms with Gasteiger partial charge < -0.3 is 10.4 Å². The van der Waals surface area contributed by atoms with Crippen LogP contribution >= 0.6 is 22.6 Å². The van der Waals surface area contributed by atoms with E-state index in [1.165, 1.54) is 0 Å². The van der Waals surface area contributed by atoms with E-state index < -0.39 is 0 Å². The molecule has 2 N–H and O–H groups in total. The summed E-state index contributed by atoms with van der Waals surface area (Å²) in [6.07, 6.45) is 0.569. The summed E-state index contributed by atoms with van der Waals surface area (Å²) in [7, 11) is 0. The van der Waals surface area contributed by atoms with Gasteiger partial charge in [0.05, 0.1) is 0 Å². The van der Waals surface area contributed by atoms with Gasteiger partial charge in [-0.15, -0.1) is 0 Å². The van der Waals surface area contributed by atoms with Crippen LogP contribution in [0.5, 0.6) is 0 Å². The monoisotopic (exact) mass is 361 g/mol. The number of nitrogens with one attached hydrogen (secondary N) is 1. The highest BCUT2D eigenvalue weighted by molar-refractivity contribution is 14.1. The molecule has 0 aliphatic carbocycles. The van der Waals surface area contributed by atoms with Gasteiger partial charge >= 0.3 is 0 Å². The summed E-state index contributed by atoms with van der Waals surface area (Å²) < 4.78 is 1.04. The average Bonchev–Trinajstić information content (AvgIpc) is 2.27. The van der Waals surface area contributed by atoms with Crippen LogP contribution in [0.1, 0.15) is 37.6 Å². The number of hydrogen-bond acceptors (Lipinski definition) is 2. The molecule has 1 aromatic carbocycles. The second-order valence-electron chi connectivity index (χ2n) is 5.41. The first-order valence-electron chi connectivity index (χ1n) is 6.02. The van der Waals surface area contributed by atoms with E-state index in [1.807, 2.05) is 18.2 Å². The average molecular weight is 361 g/mol. The fourth-order valence-electron chi connectivity index (χ4n) is 1.72. The van der Waals surface area contributed by atoms with Gasteiger partial charge in [-0.05, 0) is 52.6 Å². The van der Waals surface area contributed by atoms with E-state index in [2.05, 4.69) is 48.7 Å². The summed E-state index contributed by atoms with van der Waals surface area (Å²) in [6.45, 7) is 6.25. The van der Waals surface area contributed by atoms with Crippen LogP contribution in [-0.2, 0) is 0 Å². The lowest BCUT2D eigenvalue weighted by molar-refractivity contribution is 0.0885. The quantitative estimate of drug-likeness (QED) is 0.811. The molecule has 1 atom stereocenters. The van der Waals surface area contributed by atoms with Crippen molar-refractivity contribution in [2.75, 3.05) is 6.61 Å². The van der Waals surface area contributed by atoms with Gasteiger partial charge in [-0.2, -0.15) is 0 Å². The van der Waals surface area contributed by atoms with Crippen LogP contribution in [0.15, 0.2) is 24.3 Å². The first-order valence-corrected chi connectivity index (χ1v) is 7.10. The zero-order valence-corrected chi connectivity index (χ0v) is 13.2. The fraction of sp³-hybridized carbons (Fsp3) is 0.500. The van der Waals surface area contributed by atoms with Crippen molar-refractivity contribution < 1.29 is 9.90 Å². The number of aliphatic hydroxyl groups excluding tert-OH is 1. The highest BCUT2D eigenvalue weighted by Gasteiger charge is 2.25. The van der Waals surface area contributed by atoms with E-state index in [1.54, 1.807) is 6.07 Å². The Morgan fingerprint density at radius 1 is 1.44 bits per heavy atom. The van der Waals surface area contributed by atoms with Gasteiger partial charge in [0.1, 0.15) is 0 Å². The summed E-state index contributed by atoms with van der Waals surface area (Å²) >= 11 is 2.19. The Bertz CT molecular complexity index is 413. The van der Waals surface area contributed by atoms with Crippen LogP contribution in [0, 0.1) is 8.99 Å². The Morgan fingerprint density at radius 2 is 2.11 bits per heavy atom. The van der Waals surface area contributed by atoms with E-state index in [-0.39, 0.29) is 24.0 Å². The van der Waals surface area contributed by atoms with Gasteiger partial charge in [0.25, 0.3) is 5.91 Å². The molecule has 4 heteroatoms. The summed E-state index contributed by atoms with van der Waals surface area (Å²) in [5, 5.41) is 12.1. The molecule has 0 aliphatic rings. The van der Waals surface area contributed by atoms with Gasteiger partial charge in [-0.1, -0.05) is 26.8 Å². The summed E-state index contributed by atoms with van der Waals surface area (Å²) in [5.41, 5.74) is 0.592. The van der Waals surface area contributed by atoms with Crippen molar-refractivity contribution in [3.63, 3.8) is 0 Å². The van der Waals surface area contributed by atoms with Crippen LogP contribution in [0.4, 0.5) is 0 Å². The summed E-state index contributed by atoms with van der Waals surface area (Å²) in [4.78, 5) is 12.1. The topological polar surface area (TPSA) is 49.3 Å². The molecule has 1 aromatic rings. The molecule has 1 rings (SSSR count). The Hall–Kier alpha value is -0.620. The predicted octanol–water partition coefficient (Wildman–Crippen LogP) is 2.82. The van der Waals surface area contributed by atoms with Crippen molar-refractivity contribution in [3.05, 3.63) is 33.4 Å². The maximum absolute atomic E-state index is 12.1. The first-order chi connectivity index (χ1) is 8.34. The number of carbonyl (C=O) groups is 1. The van der Waals surface area contributed by atoms with Crippen LogP contribution in [-0.4, -0.2) is 23.7 Å². The van der Waals surface area contributed by atoms with Crippen molar-refractivity contribution in [2.24, 2.45) is 5.41 Å². The lowest BCUT2D eigenvalue weighted by atomic mass is 9.85. The van der Waals surface area contributed by atoms with Crippen LogP contribution < -0.4 is 5.32 Å². The lowest BCUT2D eigenvalue weighted by Crippen LogP contribution is -2.44. The van der Waals surface area contributed by atoms with Gasteiger partial charge in [0, 0.05) is 21.8 Å². The molecular formula is C14H20INO2. The number of benzene rings is 1. The van der Waals surface area contributed by atoms with Crippen molar-refractivity contribution in [1.29, 1.82) is 0 Å². The molecule has 0 fully saturated rings. The second kappa shape index (κ2) is 6.52. The van der Waals surface area contributed by atoms with E-state index >= 15 is 0 Å². The summed E-state index contributed by atoms with van der Waals surface area (Å²) in [5.74, 6) is -0.0816. The van der Waals surface area contributed by atoms with Crippen molar-refractivity contribution in [1.82, 2.24) is 5.32 Å².